The number of hydrogen-bond donors (Lipinski definition) is 1. The second-order valence-corrected chi connectivity index (χ2v) is 4.95. The van der Waals surface area contributed by atoms with Gasteiger partial charge >= 0.3 is 0 Å². The molecular weight excluding hydrogens is 134 g/mol. The van der Waals surface area contributed by atoms with Crippen molar-refractivity contribution >= 4 is 0 Å². The van der Waals surface area contributed by atoms with Crippen LogP contribution in [0.25, 0.3) is 0 Å². The first-order chi connectivity index (χ1) is 5.00. The Bertz CT molecular complexity index is 138. The van der Waals surface area contributed by atoms with Crippen molar-refractivity contribution in [2.45, 2.75) is 34.1 Å². The zero-order chi connectivity index (χ0) is 8.65. The van der Waals surface area contributed by atoms with Crippen LogP contribution in [-0.2, 0) is 0 Å². The minimum atomic E-state index is 0.603. The summed E-state index contributed by atoms with van der Waals surface area (Å²) in [7, 11) is 0. The van der Waals surface area contributed by atoms with Crippen LogP contribution < -0.4 is 5.73 Å². The molecule has 0 saturated heterocycles. The number of hydrogen-bond acceptors (Lipinski definition) is 0. The molecule has 66 valence electrons. The molecule has 0 aromatic rings. The van der Waals surface area contributed by atoms with Gasteiger partial charge in [-0.15, -0.1) is 0 Å². The van der Waals surface area contributed by atoms with Gasteiger partial charge in [-0.3, -0.25) is 0 Å². The van der Waals surface area contributed by atoms with Crippen LogP contribution in [-0.4, -0.2) is 6.54 Å². The Morgan fingerprint density at radius 3 is 2.09 bits per heavy atom. The standard InChI is InChI=1S/C10H21N/c1-7(2)5-8-9(6-11)10(8,3)4/h7-9H,5-6,11H2,1-4H3/p+1/t8-,9-/m1/s1. The topological polar surface area (TPSA) is 27.6 Å². The quantitative estimate of drug-likeness (QED) is 0.642. The van der Waals surface area contributed by atoms with Gasteiger partial charge in [-0.05, 0) is 23.7 Å². The summed E-state index contributed by atoms with van der Waals surface area (Å²) >= 11 is 0. The molecule has 1 heteroatoms. The Balaban J connectivity index is 2.39. The van der Waals surface area contributed by atoms with E-state index in [1.54, 1.807) is 0 Å². The molecular formula is C10H22N+. The van der Waals surface area contributed by atoms with E-state index in [0.29, 0.717) is 5.41 Å². The van der Waals surface area contributed by atoms with E-state index in [9.17, 15) is 0 Å². The number of quaternary nitrogens is 1. The molecule has 1 aliphatic rings. The fourth-order valence-electron chi connectivity index (χ4n) is 2.41. The summed E-state index contributed by atoms with van der Waals surface area (Å²) in [5, 5.41) is 0. The van der Waals surface area contributed by atoms with Crippen molar-refractivity contribution in [2.24, 2.45) is 23.2 Å². The van der Waals surface area contributed by atoms with Crippen molar-refractivity contribution < 1.29 is 5.73 Å². The highest BCUT2D eigenvalue weighted by atomic mass is 14.7. The summed E-state index contributed by atoms with van der Waals surface area (Å²) < 4.78 is 0. The molecule has 0 heterocycles. The Hall–Kier alpha value is -0.0400. The van der Waals surface area contributed by atoms with Gasteiger partial charge in [-0.25, -0.2) is 0 Å². The second kappa shape index (κ2) is 2.78. The van der Waals surface area contributed by atoms with Gasteiger partial charge in [0.1, 0.15) is 0 Å². The first-order valence-electron chi connectivity index (χ1n) is 4.79. The molecule has 2 atom stereocenters. The molecule has 0 bridgehead atoms. The van der Waals surface area contributed by atoms with Gasteiger partial charge in [-0.1, -0.05) is 27.7 Å². The lowest BCUT2D eigenvalue weighted by molar-refractivity contribution is -0.374. The highest BCUT2D eigenvalue weighted by molar-refractivity contribution is 5.04. The molecule has 0 unspecified atom stereocenters. The van der Waals surface area contributed by atoms with Crippen LogP contribution in [0.3, 0.4) is 0 Å². The zero-order valence-corrected chi connectivity index (χ0v) is 8.35. The molecule has 1 nitrogen and oxygen atoms in total. The monoisotopic (exact) mass is 156 g/mol. The van der Waals surface area contributed by atoms with Gasteiger partial charge in [-0.2, -0.15) is 0 Å². The minimum Gasteiger partial charge on any atom is -0.357 e. The summed E-state index contributed by atoms with van der Waals surface area (Å²) in [5.74, 6) is 2.72. The average Bonchev–Trinajstić information content (AvgIpc) is 2.33. The van der Waals surface area contributed by atoms with E-state index in [1.165, 1.54) is 6.42 Å². The molecule has 1 saturated carbocycles. The summed E-state index contributed by atoms with van der Waals surface area (Å²) in [6, 6.07) is 0. The van der Waals surface area contributed by atoms with Gasteiger partial charge in [0.05, 0.1) is 6.54 Å². The molecule has 3 N–H and O–H groups in total. The van der Waals surface area contributed by atoms with Crippen molar-refractivity contribution in [1.29, 1.82) is 0 Å². The summed E-state index contributed by atoms with van der Waals surface area (Å²) in [6.07, 6.45) is 1.40. The lowest BCUT2D eigenvalue weighted by Gasteiger charge is -2.04. The summed E-state index contributed by atoms with van der Waals surface area (Å²) in [4.78, 5) is 0. The van der Waals surface area contributed by atoms with Gasteiger partial charge in [0, 0.05) is 5.92 Å². The van der Waals surface area contributed by atoms with Crippen LogP contribution in [0.5, 0.6) is 0 Å². The van der Waals surface area contributed by atoms with E-state index in [4.69, 9.17) is 0 Å². The molecule has 0 radical (unpaired) electrons. The molecule has 1 fully saturated rings. The molecule has 1 aliphatic carbocycles. The Labute approximate surface area is 70.4 Å². The van der Waals surface area contributed by atoms with E-state index in [-0.39, 0.29) is 0 Å². The van der Waals surface area contributed by atoms with E-state index in [2.05, 4.69) is 33.4 Å². The molecule has 0 amide bonds. The average molecular weight is 156 g/mol. The fourth-order valence-corrected chi connectivity index (χ4v) is 2.41. The second-order valence-electron chi connectivity index (χ2n) is 4.95. The Morgan fingerprint density at radius 1 is 1.27 bits per heavy atom. The third kappa shape index (κ3) is 1.58. The van der Waals surface area contributed by atoms with Crippen LogP contribution in [0.2, 0.25) is 0 Å². The van der Waals surface area contributed by atoms with Crippen LogP contribution in [0, 0.1) is 23.2 Å². The molecule has 11 heavy (non-hydrogen) atoms. The van der Waals surface area contributed by atoms with Crippen molar-refractivity contribution in [3.63, 3.8) is 0 Å². The third-order valence-electron chi connectivity index (χ3n) is 3.32. The van der Waals surface area contributed by atoms with Crippen LogP contribution in [0.1, 0.15) is 34.1 Å². The molecule has 0 aromatic carbocycles. The van der Waals surface area contributed by atoms with Crippen molar-refractivity contribution in [3.05, 3.63) is 0 Å². The van der Waals surface area contributed by atoms with E-state index < -0.39 is 0 Å². The smallest absolute Gasteiger partial charge is 0.0776 e. The predicted octanol–water partition coefficient (Wildman–Crippen LogP) is 1.55. The maximum atomic E-state index is 4.00. The van der Waals surface area contributed by atoms with Gasteiger partial charge in [0.15, 0.2) is 0 Å². The molecule has 0 spiro atoms. The third-order valence-corrected chi connectivity index (χ3v) is 3.32. The van der Waals surface area contributed by atoms with Crippen LogP contribution in [0.4, 0.5) is 0 Å². The van der Waals surface area contributed by atoms with Crippen LogP contribution in [0.15, 0.2) is 0 Å². The molecule has 0 aromatic heterocycles. The van der Waals surface area contributed by atoms with Crippen molar-refractivity contribution in [1.82, 2.24) is 0 Å². The zero-order valence-electron chi connectivity index (χ0n) is 8.35. The Morgan fingerprint density at radius 2 is 1.82 bits per heavy atom. The lowest BCUT2D eigenvalue weighted by Crippen LogP contribution is -2.52. The highest BCUT2D eigenvalue weighted by Gasteiger charge is 2.57. The van der Waals surface area contributed by atoms with E-state index in [0.717, 1.165) is 24.3 Å². The maximum absolute atomic E-state index is 4.00. The first-order valence-corrected chi connectivity index (χ1v) is 4.79. The van der Waals surface area contributed by atoms with Gasteiger partial charge in [0.2, 0.25) is 0 Å². The largest absolute Gasteiger partial charge is 0.357 e. The first kappa shape index (κ1) is 9.05. The minimum absolute atomic E-state index is 0.603. The van der Waals surface area contributed by atoms with Crippen molar-refractivity contribution in [3.8, 4) is 0 Å². The Kier molecular flexibility index (Phi) is 2.29. The fraction of sp³-hybridized carbons (Fsp3) is 1.00. The SMILES string of the molecule is CC(C)C[C@@H]1[C@@H](C[NH3+])C1(C)C. The normalized spacial score (nSPS) is 34.4. The predicted molar refractivity (Wildman–Crippen MR) is 48.0 cm³/mol. The lowest BCUT2D eigenvalue weighted by atomic mass is 10.0. The maximum Gasteiger partial charge on any atom is 0.0776 e. The van der Waals surface area contributed by atoms with Crippen molar-refractivity contribution in [2.75, 3.05) is 6.54 Å². The van der Waals surface area contributed by atoms with Gasteiger partial charge < -0.3 is 5.73 Å². The van der Waals surface area contributed by atoms with Crippen LogP contribution >= 0.6 is 0 Å². The van der Waals surface area contributed by atoms with E-state index in [1.807, 2.05) is 0 Å². The summed E-state index contributed by atoms with van der Waals surface area (Å²) in [6.45, 7) is 10.5. The summed E-state index contributed by atoms with van der Waals surface area (Å²) in [5.41, 5.74) is 4.60. The van der Waals surface area contributed by atoms with E-state index >= 15 is 0 Å². The number of rotatable bonds is 3. The van der Waals surface area contributed by atoms with Gasteiger partial charge in [0.25, 0.3) is 0 Å². The highest BCUT2D eigenvalue weighted by Crippen LogP contribution is 2.59. The molecule has 1 rings (SSSR count). The molecule has 0 aliphatic heterocycles.